The Labute approximate surface area is 112 Å². The molecule has 1 aromatic carbocycles. The fraction of sp³-hybridized carbons (Fsp3) is 0.357. The number of hydrogen-bond donors (Lipinski definition) is 2. The van der Waals surface area contributed by atoms with Crippen LogP contribution in [0.4, 0.5) is 0 Å². The number of imidazole rings is 1. The summed E-state index contributed by atoms with van der Waals surface area (Å²) in [4.78, 5) is 7.62. The first-order valence-corrected chi connectivity index (χ1v) is 6.50. The molecule has 2 rings (SSSR count). The second kappa shape index (κ2) is 5.55. The molecule has 1 aromatic heterocycles. The monoisotopic (exact) mass is 263 g/mol. The molecule has 18 heavy (non-hydrogen) atoms. The maximum absolute atomic E-state index is 6.10. The van der Waals surface area contributed by atoms with E-state index in [0.717, 1.165) is 28.5 Å². The summed E-state index contributed by atoms with van der Waals surface area (Å²) in [7, 11) is 0. The number of nitrogens with zero attached hydrogens (tertiary/aromatic N) is 1. The van der Waals surface area contributed by atoms with Crippen molar-refractivity contribution in [2.75, 3.05) is 0 Å². The Kier molecular flexibility index (Phi) is 4.04. The number of nitrogens with two attached hydrogens (primary N) is 1. The predicted octanol–water partition coefficient (Wildman–Crippen LogP) is 3.78. The van der Waals surface area contributed by atoms with Gasteiger partial charge in [-0.3, -0.25) is 0 Å². The van der Waals surface area contributed by atoms with E-state index in [1.54, 1.807) is 6.20 Å². The summed E-state index contributed by atoms with van der Waals surface area (Å²) in [6.07, 6.45) is 2.73. The lowest BCUT2D eigenvalue weighted by Gasteiger charge is -2.11. The molecule has 0 saturated heterocycles. The smallest absolute Gasteiger partial charge is 0.123 e. The molecule has 1 unspecified atom stereocenters. The molecule has 0 spiro atoms. The van der Waals surface area contributed by atoms with E-state index in [1.807, 2.05) is 24.3 Å². The summed E-state index contributed by atoms with van der Waals surface area (Å²) < 4.78 is 0. The van der Waals surface area contributed by atoms with E-state index in [-0.39, 0.29) is 6.04 Å². The van der Waals surface area contributed by atoms with Gasteiger partial charge in [-0.25, -0.2) is 4.98 Å². The van der Waals surface area contributed by atoms with Crippen LogP contribution in [0.2, 0.25) is 5.02 Å². The van der Waals surface area contributed by atoms with Gasteiger partial charge in [0, 0.05) is 10.6 Å². The normalized spacial score (nSPS) is 12.9. The van der Waals surface area contributed by atoms with Crippen molar-refractivity contribution in [1.82, 2.24) is 9.97 Å². The number of aromatic nitrogens is 2. The Morgan fingerprint density at radius 3 is 2.83 bits per heavy atom. The van der Waals surface area contributed by atoms with Crippen molar-refractivity contribution in [3.8, 4) is 11.3 Å². The number of aromatic amines is 1. The molecule has 1 heterocycles. The van der Waals surface area contributed by atoms with Crippen molar-refractivity contribution in [2.24, 2.45) is 11.7 Å². The number of rotatable bonds is 4. The molecule has 0 aliphatic heterocycles. The topological polar surface area (TPSA) is 54.7 Å². The Balaban J connectivity index is 2.20. The Morgan fingerprint density at radius 2 is 2.17 bits per heavy atom. The summed E-state index contributed by atoms with van der Waals surface area (Å²) in [5.74, 6) is 1.39. The zero-order chi connectivity index (χ0) is 13.1. The molecule has 96 valence electrons. The molecule has 0 fully saturated rings. The van der Waals surface area contributed by atoms with E-state index in [0.29, 0.717) is 5.92 Å². The molecule has 2 aromatic rings. The van der Waals surface area contributed by atoms with Crippen molar-refractivity contribution in [3.05, 3.63) is 41.3 Å². The third-order valence-corrected chi connectivity index (χ3v) is 3.04. The Morgan fingerprint density at radius 1 is 1.39 bits per heavy atom. The highest BCUT2D eigenvalue weighted by molar-refractivity contribution is 6.30. The van der Waals surface area contributed by atoms with Crippen LogP contribution in [0.25, 0.3) is 11.3 Å². The van der Waals surface area contributed by atoms with Crippen LogP contribution >= 0.6 is 11.6 Å². The zero-order valence-corrected chi connectivity index (χ0v) is 11.4. The van der Waals surface area contributed by atoms with E-state index in [9.17, 15) is 0 Å². The van der Waals surface area contributed by atoms with Crippen LogP contribution in [-0.2, 0) is 0 Å². The first-order chi connectivity index (χ1) is 8.56. The van der Waals surface area contributed by atoms with E-state index in [2.05, 4.69) is 23.8 Å². The first kappa shape index (κ1) is 13.1. The minimum atomic E-state index is -0.0436. The highest BCUT2D eigenvalue weighted by Gasteiger charge is 2.12. The van der Waals surface area contributed by atoms with Gasteiger partial charge in [0.05, 0.1) is 17.9 Å². The van der Waals surface area contributed by atoms with Gasteiger partial charge in [0.1, 0.15) is 5.82 Å². The Hall–Kier alpha value is -1.32. The van der Waals surface area contributed by atoms with Crippen LogP contribution in [0.3, 0.4) is 0 Å². The standard InChI is InChI=1S/C14H18ClN3/c1-9(2)6-12(16)14-17-8-13(18-14)10-4-3-5-11(15)7-10/h3-5,7-9,12H,6,16H2,1-2H3,(H,17,18). The lowest BCUT2D eigenvalue weighted by Crippen LogP contribution is -2.14. The van der Waals surface area contributed by atoms with Gasteiger partial charge in [0.15, 0.2) is 0 Å². The third-order valence-electron chi connectivity index (χ3n) is 2.81. The minimum absolute atomic E-state index is 0.0436. The quantitative estimate of drug-likeness (QED) is 0.882. The molecule has 0 aliphatic carbocycles. The summed E-state index contributed by atoms with van der Waals surface area (Å²) in [6.45, 7) is 4.31. The largest absolute Gasteiger partial charge is 0.341 e. The van der Waals surface area contributed by atoms with Crippen LogP contribution in [0, 0.1) is 5.92 Å². The van der Waals surface area contributed by atoms with E-state index >= 15 is 0 Å². The number of nitrogens with one attached hydrogen (secondary N) is 1. The molecule has 3 nitrogen and oxygen atoms in total. The molecular weight excluding hydrogens is 246 g/mol. The van der Waals surface area contributed by atoms with Gasteiger partial charge >= 0.3 is 0 Å². The van der Waals surface area contributed by atoms with Gasteiger partial charge in [-0.1, -0.05) is 37.6 Å². The molecule has 4 heteroatoms. The van der Waals surface area contributed by atoms with E-state index in [1.165, 1.54) is 0 Å². The number of benzene rings is 1. The molecule has 0 bridgehead atoms. The lowest BCUT2D eigenvalue weighted by molar-refractivity contribution is 0.496. The van der Waals surface area contributed by atoms with Gasteiger partial charge in [0.25, 0.3) is 0 Å². The van der Waals surface area contributed by atoms with Crippen LogP contribution in [0.1, 0.15) is 32.1 Å². The van der Waals surface area contributed by atoms with E-state index < -0.39 is 0 Å². The van der Waals surface area contributed by atoms with Crippen molar-refractivity contribution in [1.29, 1.82) is 0 Å². The minimum Gasteiger partial charge on any atom is -0.341 e. The molecule has 1 atom stereocenters. The first-order valence-electron chi connectivity index (χ1n) is 6.12. The van der Waals surface area contributed by atoms with Crippen molar-refractivity contribution < 1.29 is 0 Å². The average molecular weight is 264 g/mol. The molecule has 0 saturated carbocycles. The lowest BCUT2D eigenvalue weighted by atomic mass is 10.0. The molecule has 0 radical (unpaired) electrons. The van der Waals surface area contributed by atoms with Crippen molar-refractivity contribution in [2.45, 2.75) is 26.3 Å². The van der Waals surface area contributed by atoms with Crippen LogP contribution in [-0.4, -0.2) is 9.97 Å². The van der Waals surface area contributed by atoms with Crippen LogP contribution < -0.4 is 5.73 Å². The number of hydrogen-bond acceptors (Lipinski definition) is 2. The van der Waals surface area contributed by atoms with Crippen molar-refractivity contribution in [3.63, 3.8) is 0 Å². The average Bonchev–Trinajstić information content (AvgIpc) is 2.77. The van der Waals surface area contributed by atoms with Crippen LogP contribution in [0.5, 0.6) is 0 Å². The number of H-pyrrole nitrogens is 1. The Bertz CT molecular complexity index is 519. The number of halogens is 1. The second-order valence-electron chi connectivity index (χ2n) is 4.93. The third kappa shape index (κ3) is 3.12. The summed E-state index contributed by atoms with van der Waals surface area (Å²) in [5.41, 5.74) is 8.07. The fourth-order valence-corrected chi connectivity index (χ4v) is 2.14. The summed E-state index contributed by atoms with van der Waals surface area (Å²) in [5, 5.41) is 0.718. The van der Waals surface area contributed by atoms with Crippen LogP contribution in [0.15, 0.2) is 30.5 Å². The van der Waals surface area contributed by atoms with Crippen molar-refractivity contribution >= 4 is 11.6 Å². The van der Waals surface area contributed by atoms with Gasteiger partial charge in [-0.05, 0) is 24.5 Å². The van der Waals surface area contributed by atoms with Gasteiger partial charge in [0.2, 0.25) is 0 Å². The highest BCUT2D eigenvalue weighted by Crippen LogP contribution is 2.23. The highest BCUT2D eigenvalue weighted by atomic mass is 35.5. The van der Waals surface area contributed by atoms with E-state index in [4.69, 9.17) is 17.3 Å². The summed E-state index contributed by atoms with van der Waals surface area (Å²) >= 11 is 5.97. The summed E-state index contributed by atoms with van der Waals surface area (Å²) in [6, 6.07) is 7.64. The molecule has 0 aliphatic rings. The molecule has 0 amide bonds. The van der Waals surface area contributed by atoms with Gasteiger partial charge < -0.3 is 10.7 Å². The predicted molar refractivity (Wildman–Crippen MR) is 75.4 cm³/mol. The molecule has 3 N–H and O–H groups in total. The molecular formula is C14H18ClN3. The SMILES string of the molecule is CC(C)CC(N)c1ncc(-c2cccc(Cl)c2)[nH]1. The zero-order valence-electron chi connectivity index (χ0n) is 10.7. The van der Waals surface area contributed by atoms with Gasteiger partial charge in [-0.2, -0.15) is 0 Å². The van der Waals surface area contributed by atoms with Gasteiger partial charge in [-0.15, -0.1) is 0 Å². The maximum Gasteiger partial charge on any atom is 0.123 e. The maximum atomic E-state index is 6.10. The second-order valence-corrected chi connectivity index (χ2v) is 5.36. The fourth-order valence-electron chi connectivity index (χ4n) is 1.95.